The van der Waals surface area contributed by atoms with Gasteiger partial charge in [-0.1, -0.05) is 43.5 Å². The van der Waals surface area contributed by atoms with E-state index in [4.69, 9.17) is 18.8 Å². The molecule has 1 aliphatic heterocycles. The van der Waals surface area contributed by atoms with E-state index in [2.05, 4.69) is 29.5 Å². The molecule has 0 unspecified atom stereocenters. The van der Waals surface area contributed by atoms with Crippen LogP contribution in [0, 0.1) is 5.92 Å². The van der Waals surface area contributed by atoms with Gasteiger partial charge < -0.3 is 18.8 Å². The maximum Gasteiger partial charge on any atom is 0.555 e. The third-order valence-corrected chi connectivity index (χ3v) is 6.42. The van der Waals surface area contributed by atoms with Gasteiger partial charge in [-0.3, -0.25) is 5.23 Å². The van der Waals surface area contributed by atoms with Gasteiger partial charge in [0.15, 0.2) is 0 Å². The molecule has 0 spiro atoms. The molecule has 2 aromatic rings. The van der Waals surface area contributed by atoms with Crippen LogP contribution in [-0.2, 0) is 14.9 Å². The third-order valence-electron chi connectivity index (χ3n) is 6.42. The molecule has 154 valence electrons. The highest BCUT2D eigenvalue weighted by molar-refractivity contribution is 6.42. The highest BCUT2D eigenvalue weighted by Gasteiger charge is 2.55. The molecule has 6 heteroatoms. The lowest BCUT2D eigenvalue weighted by molar-refractivity contribution is 0.0636. The molecule has 2 aliphatic rings. The Hall–Kier alpha value is -2.02. The minimum absolute atomic E-state index is 0.120. The number of hydrogen-bond donors (Lipinski definition) is 1. The first-order chi connectivity index (χ1) is 14.2. The Labute approximate surface area is 173 Å². The van der Waals surface area contributed by atoms with Crippen molar-refractivity contribution in [2.75, 3.05) is 21.3 Å². The molecule has 29 heavy (non-hydrogen) atoms. The van der Waals surface area contributed by atoms with Gasteiger partial charge >= 0.3 is 7.25 Å². The predicted molar refractivity (Wildman–Crippen MR) is 114 cm³/mol. The molecular formula is C23H30BNO4. The van der Waals surface area contributed by atoms with Gasteiger partial charge in [-0.05, 0) is 54.2 Å². The van der Waals surface area contributed by atoms with Crippen LogP contribution in [0.15, 0.2) is 48.5 Å². The van der Waals surface area contributed by atoms with E-state index in [9.17, 15) is 0 Å². The Balaban J connectivity index is 1.84. The van der Waals surface area contributed by atoms with E-state index < -0.39 is 12.9 Å². The number of hydrogen-bond acceptors (Lipinski definition) is 5. The van der Waals surface area contributed by atoms with E-state index in [1.54, 1.807) is 21.3 Å². The summed E-state index contributed by atoms with van der Waals surface area (Å²) >= 11 is 0. The van der Waals surface area contributed by atoms with Crippen LogP contribution in [0.25, 0.3) is 0 Å². The number of nitrogens with one attached hydrogen (secondary N) is 1. The van der Waals surface area contributed by atoms with Crippen molar-refractivity contribution in [1.82, 2.24) is 5.23 Å². The van der Waals surface area contributed by atoms with Gasteiger partial charge in [0.05, 0.1) is 14.2 Å². The van der Waals surface area contributed by atoms with Gasteiger partial charge in [0.2, 0.25) is 0 Å². The largest absolute Gasteiger partial charge is 0.555 e. The highest BCUT2D eigenvalue weighted by Crippen LogP contribution is 2.47. The van der Waals surface area contributed by atoms with E-state index >= 15 is 0 Å². The van der Waals surface area contributed by atoms with Crippen molar-refractivity contribution in [2.45, 2.75) is 43.7 Å². The molecule has 0 bridgehead atoms. The molecule has 1 heterocycles. The normalized spacial score (nSPS) is 21.9. The molecule has 1 N–H and O–H groups in total. The smallest absolute Gasteiger partial charge is 0.497 e. The van der Waals surface area contributed by atoms with E-state index in [1.165, 1.54) is 32.1 Å². The summed E-state index contributed by atoms with van der Waals surface area (Å²) in [6, 6.07) is 16.6. The number of benzene rings is 2. The first-order valence-electron chi connectivity index (χ1n) is 10.5. The first kappa shape index (κ1) is 20.3. The monoisotopic (exact) mass is 395 g/mol. The summed E-state index contributed by atoms with van der Waals surface area (Å²) in [6.45, 7) is 0. The van der Waals surface area contributed by atoms with Crippen LogP contribution in [-0.4, -0.2) is 34.6 Å². The maximum absolute atomic E-state index is 6.67. The summed E-state index contributed by atoms with van der Waals surface area (Å²) in [5.41, 5.74) is 1.57. The molecule has 4 rings (SSSR count). The fourth-order valence-corrected chi connectivity index (χ4v) is 4.93. The maximum atomic E-state index is 6.67. The van der Waals surface area contributed by atoms with Crippen molar-refractivity contribution in [1.29, 1.82) is 0 Å². The third kappa shape index (κ3) is 3.77. The van der Waals surface area contributed by atoms with Crippen LogP contribution in [0.2, 0.25) is 0 Å². The van der Waals surface area contributed by atoms with E-state index in [0.29, 0.717) is 5.92 Å². The summed E-state index contributed by atoms with van der Waals surface area (Å²) < 4.78 is 23.1. The van der Waals surface area contributed by atoms with Crippen LogP contribution in [0.4, 0.5) is 0 Å². The minimum Gasteiger partial charge on any atom is -0.497 e. The molecule has 5 nitrogen and oxygen atoms in total. The topological polar surface area (TPSA) is 49.0 Å². The van der Waals surface area contributed by atoms with Crippen molar-refractivity contribution in [2.24, 2.45) is 5.92 Å². The molecule has 1 atom stereocenters. The zero-order valence-electron chi connectivity index (χ0n) is 17.5. The lowest BCUT2D eigenvalue weighted by atomic mass is 9.71. The summed E-state index contributed by atoms with van der Waals surface area (Å²) in [5.74, 6) is 2.19. The standard InChI is InChI=1S/C23H30BNO4/c1-26-20-13-9-18(10-14-20)23(19-11-15-21(27-2)16-12-19)22(25-24(28-3)29-23)17-7-5-4-6-8-17/h9-17,22,25H,4-8H2,1-3H3/t22-/m0/s1. The Morgan fingerprint density at radius 1 is 0.828 bits per heavy atom. The highest BCUT2D eigenvalue weighted by atomic mass is 16.6. The zero-order chi connectivity index (χ0) is 20.3. The van der Waals surface area contributed by atoms with Gasteiger partial charge in [0, 0.05) is 13.2 Å². The van der Waals surface area contributed by atoms with Crippen molar-refractivity contribution in [3.63, 3.8) is 0 Å². The summed E-state index contributed by atoms with van der Waals surface area (Å²) in [6.07, 6.45) is 6.25. The first-order valence-corrected chi connectivity index (χ1v) is 10.5. The summed E-state index contributed by atoms with van der Waals surface area (Å²) in [5, 5.41) is 3.65. The van der Waals surface area contributed by atoms with Crippen LogP contribution >= 0.6 is 0 Å². The van der Waals surface area contributed by atoms with Crippen molar-refractivity contribution < 1.29 is 18.8 Å². The second-order valence-electron chi connectivity index (χ2n) is 7.92. The van der Waals surface area contributed by atoms with Gasteiger partial charge in [-0.2, -0.15) is 0 Å². The van der Waals surface area contributed by atoms with Crippen molar-refractivity contribution >= 4 is 7.25 Å². The molecule has 1 aliphatic carbocycles. The molecule has 2 fully saturated rings. The summed E-state index contributed by atoms with van der Waals surface area (Å²) in [4.78, 5) is 0. The number of methoxy groups -OCH3 is 2. The Morgan fingerprint density at radius 3 is 1.79 bits per heavy atom. The van der Waals surface area contributed by atoms with Crippen LogP contribution in [0.1, 0.15) is 43.2 Å². The molecule has 1 saturated heterocycles. The van der Waals surface area contributed by atoms with Gasteiger partial charge in [-0.15, -0.1) is 0 Å². The van der Waals surface area contributed by atoms with Crippen LogP contribution < -0.4 is 14.7 Å². The molecular weight excluding hydrogens is 365 g/mol. The van der Waals surface area contributed by atoms with Crippen LogP contribution in [0.5, 0.6) is 11.5 Å². The Morgan fingerprint density at radius 2 is 1.34 bits per heavy atom. The molecule has 0 aromatic heterocycles. The summed E-state index contributed by atoms with van der Waals surface area (Å²) in [7, 11) is 4.61. The van der Waals surface area contributed by atoms with Crippen LogP contribution in [0.3, 0.4) is 0 Å². The van der Waals surface area contributed by atoms with Gasteiger partial charge in [-0.25, -0.2) is 0 Å². The fraction of sp³-hybridized carbons (Fsp3) is 0.478. The Bertz CT molecular complexity index is 742. The Kier molecular flexibility index (Phi) is 6.13. The molecule has 2 aromatic carbocycles. The average Bonchev–Trinajstić information content (AvgIpc) is 3.21. The second kappa shape index (κ2) is 8.78. The molecule has 0 amide bonds. The number of ether oxygens (including phenoxy) is 2. The van der Waals surface area contributed by atoms with Gasteiger partial charge in [0.1, 0.15) is 17.1 Å². The van der Waals surface area contributed by atoms with E-state index in [0.717, 1.165) is 22.6 Å². The second-order valence-corrected chi connectivity index (χ2v) is 7.92. The predicted octanol–water partition coefficient (Wildman–Crippen LogP) is 4.15. The quantitative estimate of drug-likeness (QED) is 0.745. The van der Waals surface area contributed by atoms with Crippen molar-refractivity contribution in [3.8, 4) is 11.5 Å². The average molecular weight is 395 g/mol. The minimum atomic E-state index is -0.638. The SMILES string of the molecule is COB1N[C@@H](C2CCCCC2)C(c2ccc(OC)cc2)(c2ccc(OC)cc2)O1. The lowest BCUT2D eigenvalue weighted by Gasteiger charge is -2.41. The van der Waals surface area contributed by atoms with E-state index in [-0.39, 0.29) is 6.04 Å². The van der Waals surface area contributed by atoms with Gasteiger partial charge in [0.25, 0.3) is 0 Å². The molecule has 1 saturated carbocycles. The lowest BCUT2D eigenvalue weighted by Crippen LogP contribution is -2.48. The van der Waals surface area contributed by atoms with Crippen molar-refractivity contribution in [3.05, 3.63) is 59.7 Å². The zero-order valence-corrected chi connectivity index (χ0v) is 17.5. The van der Waals surface area contributed by atoms with E-state index in [1.807, 2.05) is 24.3 Å². The molecule has 0 radical (unpaired) electrons. The number of rotatable bonds is 6. The fourth-order valence-electron chi connectivity index (χ4n) is 4.93.